The van der Waals surface area contributed by atoms with Crippen molar-refractivity contribution >= 4 is 34.3 Å². The number of rotatable bonds is 5. The van der Waals surface area contributed by atoms with Gasteiger partial charge in [-0.2, -0.15) is 4.57 Å². The summed E-state index contributed by atoms with van der Waals surface area (Å²) in [5.41, 5.74) is 2.06. The minimum atomic E-state index is -0.436. The predicted molar refractivity (Wildman–Crippen MR) is 112 cm³/mol. The van der Waals surface area contributed by atoms with Crippen LogP contribution in [0.1, 0.15) is 16.7 Å². The van der Waals surface area contributed by atoms with Gasteiger partial charge in [0.15, 0.2) is 23.1 Å². The van der Waals surface area contributed by atoms with Gasteiger partial charge < -0.3 is 15.5 Å². The van der Waals surface area contributed by atoms with Crippen molar-refractivity contribution in [2.45, 2.75) is 13.5 Å². The average molecular weight is 413 g/mol. The Morgan fingerprint density at radius 3 is 2.48 bits per heavy atom. The van der Waals surface area contributed by atoms with Crippen LogP contribution in [0.25, 0.3) is 11.5 Å². The average Bonchev–Trinajstić information content (AvgIpc) is 2.71. The van der Waals surface area contributed by atoms with Crippen molar-refractivity contribution in [2.75, 3.05) is 5.32 Å². The van der Waals surface area contributed by atoms with E-state index in [0.29, 0.717) is 22.4 Å². The highest BCUT2D eigenvalue weighted by Crippen LogP contribution is 2.20. The van der Waals surface area contributed by atoms with Gasteiger partial charge in [0, 0.05) is 22.9 Å². The minimum Gasteiger partial charge on any atom is -0.502 e. The van der Waals surface area contributed by atoms with Gasteiger partial charge in [-0.1, -0.05) is 18.3 Å². The van der Waals surface area contributed by atoms with Crippen LogP contribution >= 0.6 is 12.2 Å². The summed E-state index contributed by atoms with van der Waals surface area (Å²) in [5.74, 6) is -1.02. The maximum absolute atomic E-state index is 13.9. The summed E-state index contributed by atoms with van der Waals surface area (Å²) in [6.45, 7) is 1.45. The first-order chi connectivity index (χ1) is 13.9. The summed E-state index contributed by atoms with van der Waals surface area (Å²) < 4.78 is 28.7. The summed E-state index contributed by atoms with van der Waals surface area (Å²) in [5, 5.41) is 23.3. The third kappa shape index (κ3) is 4.82. The molecular weight excluding hydrogens is 394 g/mol. The number of anilines is 1. The summed E-state index contributed by atoms with van der Waals surface area (Å²) in [6, 6.07) is 13.3. The number of aryl methyl sites for hydroxylation is 1. The highest BCUT2D eigenvalue weighted by molar-refractivity contribution is 7.81. The molecule has 0 atom stereocenters. The molecular formula is C22H19F2N2O2S+. The maximum atomic E-state index is 13.9. The van der Waals surface area contributed by atoms with Gasteiger partial charge in [0.2, 0.25) is 0 Å². The second-order valence-electron chi connectivity index (χ2n) is 6.40. The standard InChI is InChI=1S/C22H18F2N2O2S/c1-14-4-9-18(11-19(14)24)25-22(29)20(26-10-2-3-15(12-26)13-27)21(28)16-5-7-17(23)8-6-16/h2-12,27H,13H2,1H3,(H-,25,28,29)/p+1. The molecule has 0 fully saturated rings. The number of hydrogen-bond donors (Lipinski definition) is 3. The van der Waals surface area contributed by atoms with Crippen LogP contribution in [0.15, 0.2) is 67.0 Å². The van der Waals surface area contributed by atoms with Crippen LogP contribution in [0, 0.1) is 18.6 Å². The van der Waals surface area contributed by atoms with E-state index in [1.165, 1.54) is 30.3 Å². The van der Waals surface area contributed by atoms with Crippen LogP contribution < -0.4 is 9.88 Å². The normalized spacial score (nSPS) is 11.7. The molecule has 0 aliphatic heterocycles. The Morgan fingerprint density at radius 2 is 1.83 bits per heavy atom. The van der Waals surface area contributed by atoms with Gasteiger partial charge in [-0.25, -0.2) is 8.78 Å². The Labute approximate surface area is 172 Å². The topological polar surface area (TPSA) is 56.4 Å². The first-order valence-electron chi connectivity index (χ1n) is 8.77. The largest absolute Gasteiger partial charge is 0.502 e. The molecule has 3 aromatic rings. The van der Waals surface area contributed by atoms with E-state index in [4.69, 9.17) is 12.2 Å². The summed E-state index contributed by atoms with van der Waals surface area (Å²) in [6.07, 6.45) is 3.26. The quantitative estimate of drug-likeness (QED) is 0.252. The van der Waals surface area contributed by atoms with E-state index in [1.54, 1.807) is 48.1 Å². The van der Waals surface area contributed by atoms with Gasteiger partial charge in [-0.15, -0.1) is 0 Å². The molecule has 0 aliphatic carbocycles. The summed E-state index contributed by atoms with van der Waals surface area (Å²) >= 11 is 5.49. The lowest BCUT2D eigenvalue weighted by Gasteiger charge is -2.11. The first kappa shape index (κ1) is 20.6. The molecule has 0 saturated heterocycles. The van der Waals surface area contributed by atoms with E-state index in [2.05, 4.69) is 5.32 Å². The summed E-state index contributed by atoms with van der Waals surface area (Å²) in [7, 11) is 0. The smallest absolute Gasteiger partial charge is 0.288 e. The van der Waals surface area contributed by atoms with Crippen molar-refractivity contribution in [3.8, 4) is 0 Å². The number of aliphatic hydroxyl groups excluding tert-OH is 2. The first-order valence-corrected chi connectivity index (χ1v) is 9.18. The monoisotopic (exact) mass is 413 g/mol. The number of halogens is 2. The molecule has 148 valence electrons. The molecule has 0 unspecified atom stereocenters. The number of pyridine rings is 1. The fourth-order valence-corrected chi connectivity index (χ4v) is 3.03. The highest BCUT2D eigenvalue weighted by atomic mass is 32.1. The maximum Gasteiger partial charge on any atom is 0.288 e. The third-order valence-corrected chi connectivity index (χ3v) is 4.58. The number of nitrogens with zero attached hydrogens (tertiary/aromatic N) is 1. The molecule has 0 saturated carbocycles. The molecule has 0 aliphatic rings. The minimum absolute atomic E-state index is 0.121. The van der Waals surface area contributed by atoms with E-state index in [-0.39, 0.29) is 28.9 Å². The number of aromatic nitrogens is 1. The fraction of sp³-hybridized carbons (Fsp3) is 0.0909. The summed E-state index contributed by atoms with van der Waals surface area (Å²) in [4.78, 5) is 0.121. The molecule has 0 spiro atoms. The lowest BCUT2D eigenvalue weighted by Crippen LogP contribution is -2.39. The number of aliphatic hydroxyl groups is 2. The molecule has 1 heterocycles. The fourth-order valence-electron chi connectivity index (χ4n) is 2.71. The van der Waals surface area contributed by atoms with Gasteiger partial charge in [0.1, 0.15) is 11.6 Å². The molecule has 29 heavy (non-hydrogen) atoms. The zero-order valence-corrected chi connectivity index (χ0v) is 16.4. The van der Waals surface area contributed by atoms with Crippen LogP contribution in [0.2, 0.25) is 0 Å². The molecule has 0 bridgehead atoms. The van der Waals surface area contributed by atoms with Crippen LogP contribution in [-0.4, -0.2) is 15.2 Å². The molecule has 3 rings (SSSR count). The van der Waals surface area contributed by atoms with Gasteiger partial charge in [0.25, 0.3) is 5.70 Å². The van der Waals surface area contributed by atoms with Crippen LogP contribution in [0.4, 0.5) is 14.5 Å². The van der Waals surface area contributed by atoms with Crippen LogP contribution in [0.3, 0.4) is 0 Å². The van der Waals surface area contributed by atoms with Crippen molar-refractivity contribution in [1.82, 2.24) is 0 Å². The molecule has 7 heteroatoms. The molecule has 1 aromatic heterocycles. The molecule has 4 nitrogen and oxygen atoms in total. The number of hydrogen-bond acceptors (Lipinski definition) is 3. The van der Waals surface area contributed by atoms with Crippen molar-refractivity contribution in [3.05, 3.63) is 95.3 Å². The van der Waals surface area contributed by atoms with E-state index in [9.17, 15) is 19.0 Å². The van der Waals surface area contributed by atoms with Crippen molar-refractivity contribution in [2.24, 2.45) is 0 Å². The third-order valence-electron chi connectivity index (χ3n) is 4.29. The lowest BCUT2D eigenvalue weighted by molar-refractivity contribution is -0.576. The van der Waals surface area contributed by atoms with E-state index >= 15 is 0 Å². The Hall–Kier alpha value is -3.16. The second kappa shape index (κ2) is 8.89. The van der Waals surface area contributed by atoms with Crippen molar-refractivity contribution in [1.29, 1.82) is 0 Å². The van der Waals surface area contributed by atoms with Crippen LogP contribution in [0.5, 0.6) is 0 Å². The van der Waals surface area contributed by atoms with Gasteiger partial charge in [-0.3, -0.25) is 0 Å². The number of benzene rings is 2. The molecule has 0 radical (unpaired) electrons. The molecule has 3 N–H and O–H groups in total. The zero-order chi connectivity index (χ0) is 21.0. The number of thiocarbonyl (C=S) groups is 1. The zero-order valence-electron chi connectivity index (χ0n) is 15.6. The predicted octanol–water partition coefficient (Wildman–Crippen LogP) is 4.38. The molecule has 2 aromatic carbocycles. The molecule has 0 amide bonds. The Bertz CT molecular complexity index is 1080. The van der Waals surface area contributed by atoms with Gasteiger partial charge in [0.05, 0.1) is 6.61 Å². The van der Waals surface area contributed by atoms with Crippen molar-refractivity contribution < 1.29 is 23.6 Å². The van der Waals surface area contributed by atoms with E-state index in [1.807, 2.05) is 0 Å². The van der Waals surface area contributed by atoms with Crippen LogP contribution in [-0.2, 0) is 6.61 Å². The van der Waals surface area contributed by atoms with E-state index in [0.717, 1.165) is 0 Å². The Balaban J connectivity index is 2.08. The highest BCUT2D eigenvalue weighted by Gasteiger charge is 2.24. The second-order valence-corrected chi connectivity index (χ2v) is 6.81. The SMILES string of the molecule is Cc1ccc(NC(=S)/C(=C(\O)c2ccc(F)cc2)[n+]2cccc(CO)c2)cc1F. The van der Waals surface area contributed by atoms with Gasteiger partial charge >= 0.3 is 0 Å². The number of nitrogens with one attached hydrogen (secondary N) is 1. The Morgan fingerprint density at radius 1 is 1.10 bits per heavy atom. The van der Waals surface area contributed by atoms with E-state index < -0.39 is 5.82 Å². The van der Waals surface area contributed by atoms with Gasteiger partial charge in [-0.05, 0) is 55.0 Å². The lowest BCUT2D eigenvalue weighted by atomic mass is 10.1. The van der Waals surface area contributed by atoms with Crippen molar-refractivity contribution in [3.63, 3.8) is 0 Å². The Kier molecular flexibility index (Phi) is 6.31.